The first kappa shape index (κ1) is 22.4. The zero-order valence-corrected chi connectivity index (χ0v) is 19.6. The van der Waals surface area contributed by atoms with Gasteiger partial charge in [-0.2, -0.15) is 0 Å². The van der Waals surface area contributed by atoms with Crippen LogP contribution in [0.3, 0.4) is 0 Å². The van der Waals surface area contributed by atoms with Gasteiger partial charge in [-0.1, -0.05) is 52.2 Å². The average molecular weight is 500 g/mol. The van der Waals surface area contributed by atoms with Gasteiger partial charge >= 0.3 is 0 Å². The topological polar surface area (TPSA) is 68.3 Å². The van der Waals surface area contributed by atoms with Gasteiger partial charge in [0.2, 0.25) is 5.13 Å². The highest BCUT2D eigenvalue weighted by Gasteiger charge is 2.16. The predicted molar refractivity (Wildman–Crippen MR) is 126 cm³/mol. The first-order chi connectivity index (χ1) is 15.0. The van der Waals surface area contributed by atoms with Gasteiger partial charge in [0.05, 0.1) is 5.02 Å². The van der Waals surface area contributed by atoms with Crippen molar-refractivity contribution < 1.29 is 9.47 Å². The zero-order chi connectivity index (χ0) is 21.6. The molecule has 6 nitrogen and oxygen atoms in total. The van der Waals surface area contributed by atoms with Crippen molar-refractivity contribution in [3.8, 4) is 11.5 Å². The van der Waals surface area contributed by atoms with Gasteiger partial charge in [0.15, 0.2) is 5.01 Å². The Morgan fingerprint density at radius 1 is 1.03 bits per heavy atom. The molecular weight excluding hydrogens is 479 g/mol. The molecule has 3 aromatic rings. The minimum atomic E-state index is 0.215. The van der Waals surface area contributed by atoms with Gasteiger partial charge in [-0.25, -0.2) is 0 Å². The Bertz CT molecular complexity index is 1010. The number of aromatic nitrogens is 2. The molecule has 0 aliphatic carbocycles. The number of hydrogen-bond acceptors (Lipinski definition) is 7. The van der Waals surface area contributed by atoms with E-state index in [1.165, 1.54) is 11.3 Å². The highest BCUT2D eigenvalue weighted by molar-refractivity contribution is 7.15. The molecule has 0 amide bonds. The van der Waals surface area contributed by atoms with Crippen molar-refractivity contribution in [2.75, 3.05) is 18.4 Å². The molecule has 4 rings (SSSR count). The monoisotopic (exact) mass is 498 g/mol. The van der Waals surface area contributed by atoms with Gasteiger partial charge in [0.1, 0.15) is 24.2 Å². The SMILES string of the molecule is Clc1cc(Cl)cc(OCc2nnc(NCc3ccc(OC4CCNCC4)c(Cl)c3)s2)c1. The van der Waals surface area contributed by atoms with Crippen LogP contribution in [0.1, 0.15) is 23.4 Å². The summed E-state index contributed by atoms with van der Waals surface area (Å²) in [7, 11) is 0. The van der Waals surface area contributed by atoms with Crippen LogP contribution in [0.4, 0.5) is 5.13 Å². The number of anilines is 1. The molecule has 0 saturated carbocycles. The lowest BCUT2D eigenvalue weighted by atomic mass is 10.1. The second-order valence-electron chi connectivity index (χ2n) is 7.08. The molecule has 2 N–H and O–H groups in total. The Morgan fingerprint density at radius 2 is 1.81 bits per heavy atom. The summed E-state index contributed by atoms with van der Waals surface area (Å²) < 4.78 is 11.7. The largest absolute Gasteiger partial charge is 0.489 e. The molecule has 0 spiro atoms. The molecule has 1 aliphatic heterocycles. The van der Waals surface area contributed by atoms with Crippen LogP contribution in [-0.2, 0) is 13.2 Å². The Kier molecular flexibility index (Phi) is 7.74. The number of benzene rings is 2. The van der Waals surface area contributed by atoms with Gasteiger partial charge in [0, 0.05) is 16.6 Å². The van der Waals surface area contributed by atoms with Crippen LogP contribution >= 0.6 is 46.1 Å². The second-order valence-corrected chi connectivity index (χ2v) is 9.42. The normalized spacial score (nSPS) is 14.4. The van der Waals surface area contributed by atoms with E-state index in [2.05, 4.69) is 20.8 Å². The van der Waals surface area contributed by atoms with E-state index in [9.17, 15) is 0 Å². The van der Waals surface area contributed by atoms with Crippen molar-refractivity contribution in [2.24, 2.45) is 0 Å². The van der Waals surface area contributed by atoms with Crippen LogP contribution in [0.25, 0.3) is 0 Å². The molecule has 0 unspecified atom stereocenters. The van der Waals surface area contributed by atoms with E-state index in [0.717, 1.165) is 42.3 Å². The van der Waals surface area contributed by atoms with E-state index in [1.54, 1.807) is 18.2 Å². The number of piperidine rings is 1. The highest BCUT2D eigenvalue weighted by Crippen LogP contribution is 2.29. The van der Waals surface area contributed by atoms with Crippen molar-refractivity contribution in [1.82, 2.24) is 15.5 Å². The molecule has 0 bridgehead atoms. The summed E-state index contributed by atoms with van der Waals surface area (Å²) in [5.41, 5.74) is 1.03. The maximum Gasteiger partial charge on any atom is 0.206 e. The summed E-state index contributed by atoms with van der Waals surface area (Å²) >= 11 is 19.8. The van der Waals surface area contributed by atoms with Crippen molar-refractivity contribution in [3.63, 3.8) is 0 Å². The van der Waals surface area contributed by atoms with E-state index in [4.69, 9.17) is 44.3 Å². The van der Waals surface area contributed by atoms with Crippen LogP contribution in [-0.4, -0.2) is 29.4 Å². The van der Waals surface area contributed by atoms with Crippen LogP contribution in [0, 0.1) is 0 Å². The average Bonchev–Trinajstić information content (AvgIpc) is 3.21. The number of nitrogens with one attached hydrogen (secondary N) is 2. The Labute approximate surface area is 199 Å². The van der Waals surface area contributed by atoms with E-state index < -0.39 is 0 Å². The molecule has 2 heterocycles. The molecular formula is C21H21Cl3N4O2S. The van der Waals surface area contributed by atoms with E-state index in [0.29, 0.717) is 32.5 Å². The van der Waals surface area contributed by atoms with E-state index >= 15 is 0 Å². The molecule has 0 radical (unpaired) electrons. The highest BCUT2D eigenvalue weighted by atomic mass is 35.5. The van der Waals surface area contributed by atoms with Crippen molar-refractivity contribution >= 4 is 51.3 Å². The summed E-state index contributed by atoms with van der Waals surface area (Å²) in [6, 6.07) is 10.9. The maximum atomic E-state index is 6.43. The Balaban J connectivity index is 1.28. The number of halogens is 3. The molecule has 164 valence electrons. The summed E-state index contributed by atoms with van der Waals surface area (Å²) in [4.78, 5) is 0. The fourth-order valence-electron chi connectivity index (χ4n) is 3.16. The van der Waals surface area contributed by atoms with Gasteiger partial charge in [-0.05, 0) is 61.8 Å². The van der Waals surface area contributed by atoms with Crippen molar-refractivity contribution in [2.45, 2.75) is 32.1 Å². The van der Waals surface area contributed by atoms with Gasteiger partial charge < -0.3 is 20.1 Å². The quantitative estimate of drug-likeness (QED) is 0.407. The third kappa shape index (κ3) is 6.60. The lowest BCUT2D eigenvalue weighted by molar-refractivity contribution is 0.162. The Hall–Kier alpha value is -1.77. The number of ether oxygens (including phenoxy) is 2. The molecule has 31 heavy (non-hydrogen) atoms. The van der Waals surface area contributed by atoms with Crippen molar-refractivity contribution in [3.05, 3.63) is 62.0 Å². The van der Waals surface area contributed by atoms with Crippen LogP contribution in [0.5, 0.6) is 11.5 Å². The number of nitrogens with zero attached hydrogens (tertiary/aromatic N) is 2. The van der Waals surface area contributed by atoms with Crippen molar-refractivity contribution in [1.29, 1.82) is 0 Å². The number of hydrogen-bond donors (Lipinski definition) is 2. The lowest BCUT2D eigenvalue weighted by Crippen LogP contribution is -2.34. The lowest BCUT2D eigenvalue weighted by Gasteiger charge is -2.24. The molecule has 2 aromatic carbocycles. The Morgan fingerprint density at radius 3 is 2.55 bits per heavy atom. The first-order valence-corrected chi connectivity index (χ1v) is 11.8. The maximum absolute atomic E-state index is 6.43. The van der Waals surface area contributed by atoms with Gasteiger partial charge in [-0.3, -0.25) is 0 Å². The van der Waals surface area contributed by atoms with Gasteiger partial charge in [-0.15, -0.1) is 10.2 Å². The minimum absolute atomic E-state index is 0.215. The summed E-state index contributed by atoms with van der Waals surface area (Å²) in [6.45, 7) is 2.81. The minimum Gasteiger partial charge on any atom is -0.489 e. The summed E-state index contributed by atoms with van der Waals surface area (Å²) in [5.74, 6) is 1.32. The van der Waals surface area contributed by atoms with E-state index in [1.807, 2.05) is 18.2 Å². The fourth-order valence-corrected chi connectivity index (χ4v) is 4.56. The molecule has 1 saturated heterocycles. The summed E-state index contributed by atoms with van der Waals surface area (Å²) in [5, 5.41) is 18.0. The molecule has 1 aromatic heterocycles. The smallest absolute Gasteiger partial charge is 0.206 e. The fraction of sp³-hybridized carbons (Fsp3) is 0.333. The van der Waals surface area contributed by atoms with Crippen LogP contribution in [0.15, 0.2) is 36.4 Å². The first-order valence-electron chi connectivity index (χ1n) is 9.86. The van der Waals surface area contributed by atoms with E-state index in [-0.39, 0.29) is 12.7 Å². The molecule has 1 fully saturated rings. The predicted octanol–water partition coefficient (Wildman–Crippen LogP) is 5.82. The molecule has 10 heteroatoms. The third-order valence-corrected chi connectivity index (χ3v) is 6.27. The molecule has 0 atom stereocenters. The zero-order valence-electron chi connectivity index (χ0n) is 16.5. The third-order valence-electron chi connectivity index (χ3n) is 4.69. The second kappa shape index (κ2) is 10.7. The standard InChI is InChI=1S/C21H21Cl3N4O2S/c22-14-8-15(23)10-17(9-14)29-12-20-27-28-21(31-20)26-11-13-1-2-19(18(24)7-13)30-16-3-5-25-6-4-16/h1-2,7-10,16,25H,3-6,11-12H2,(H,26,28). The van der Waals surface area contributed by atoms with Gasteiger partial charge in [0.25, 0.3) is 0 Å². The van der Waals surface area contributed by atoms with Crippen LogP contribution in [0.2, 0.25) is 15.1 Å². The number of rotatable bonds is 8. The molecule has 1 aliphatic rings. The van der Waals surface area contributed by atoms with Crippen LogP contribution < -0.4 is 20.1 Å². The summed E-state index contributed by atoms with van der Waals surface area (Å²) in [6.07, 6.45) is 2.20.